The average Bonchev–Trinajstić information content (AvgIpc) is 2.09. The second kappa shape index (κ2) is 4.58. The van der Waals surface area contributed by atoms with Gasteiger partial charge in [-0.2, -0.15) is 0 Å². The summed E-state index contributed by atoms with van der Waals surface area (Å²) in [5.41, 5.74) is 7.46. The lowest BCUT2D eigenvalue weighted by Crippen LogP contribution is -1.89. The quantitative estimate of drug-likeness (QED) is 0.473. The zero-order valence-electron chi connectivity index (χ0n) is 7.51. The Kier molecular flexibility index (Phi) is 3.70. The Labute approximate surface area is 88.0 Å². The SMILES string of the molecule is C=CCSc1cc(Cl)c(N)cc1C. The smallest absolute Gasteiger partial charge is 0.0646 e. The summed E-state index contributed by atoms with van der Waals surface area (Å²) in [6.07, 6.45) is 1.87. The Morgan fingerprint density at radius 2 is 2.31 bits per heavy atom. The third-order valence-electron chi connectivity index (χ3n) is 1.65. The van der Waals surface area contributed by atoms with Crippen LogP contribution in [0.1, 0.15) is 5.56 Å². The maximum atomic E-state index is 5.90. The molecule has 1 aromatic rings. The molecule has 3 heteroatoms. The van der Waals surface area contributed by atoms with Gasteiger partial charge in [-0.25, -0.2) is 0 Å². The summed E-state index contributed by atoms with van der Waals surface area (Å²) >= 11 is 7.61. The van der Waals surface area contributed by atoms with E-state index in [0.29, 0.717) is 10.7 Å². The Bertz CT molecular complexity index is 323. The number of thioether (sulfide) groups is 1. The summed E-state index contributed by atoms with van der Waals surface area (Å²) in [5.74, 6) is 0.890. The van der Waals surface area contributed by atoms with Crippen molar-refractivity contribution in [1.29, 1.82) is 0 Å². The lowest BCUT2D eigenvalue weighted by Gasteiger charge is -2.06. The van der Waals surface area contributed by atoms with Gasteiger partial charge in [0.05, 0.1) is 10.7 Å². The summed E-state index contributed by atoms with van der Waals surface area (Å²) in [6.45, 7) is 5.69. The zero-order chi connectivity index (χ0) is 9.84. The Morgan fingerprint density at radius 3 is 2.92 bits per heavy atom. The van der Waals surface area contributed by atoms with E-state index >= 15 is 0 Å². The van der Waals surface area contributed by atoms with Crippen LogP contribution in [-0.4, -0.2) is 5.75 Å². The molecule has 0 aliphatic rings. The van der Waals surface area contributed by atoms with Crippen molar-refractivity contribution in [3.05, 3.63) is 35.4 Å². The molecule has 0 aromatic heterocycles. The van der Waals surface area contributed by atoms with Gasteiger partial charge >= 0.3 is 0 Å². The van der Waals surface area contributed by atoms with E-state index in [-0.39, 0.29) is 0 Å². The van der Waals surface area contributed by atoms with Crippen molar-refractivity contribution < 1.29 is 0 Å². The first-order valence-electron chi connectivity index (χ1n) is 3.94. The summed E-state index contributed by atoms with van der Waals surface area (Å²) in [7, 11) is 0. The average molecular weight is 214 g/mol. The van der Waals surface area contributed by atoms with Crippen LogP contribution in [0.3, 0.4) is 0 Å². The molecule has 0 aliphatic heterocycles. The maximum absolute atomic E-state index is 5.90. The fourth-order valence-electron chi connectivity index (χ4n) is 0.990. The molecule has 0 amide bonds. The summed E-state index contributed by atoms with van der Waals surface area (Å²) < 4.78 is 0. The van der Waals surface area contributed by atoms with E-state index in [1.54, 1.807) is 11.8 Å². The fraction of sp³-hybridized carbons (Fsp3) is 0.200. The number of hydrogen-bond acceptors (Lipinski definition) is 2. The molecule has 0 saturated heterocycles. The highest BCUT2D eigenvalue weighted by Gasteiger charge is 2.02. The van der Waals surface area contributed by atoms with E-state index in [1.807, 2.05) is 25.1 Å². The molecule has 1 aromatic carbocycles. The minimum Gasteiger partial charge on any atom is -0.398 e. The van der Waals surface area contributed by atoms with Crippen molar-refractivity contribution in [2.24, 2.45) is 0 Å². The van der Waals surface area contributed by atoms with Gasteiger partial charge in [0.1, 0.15) is 0 Å². The third-order valence-corrected chi connectivity index (χ3v) is 3.13. The van der Waals surface area contributed by atoms with Crippen LogP contribution in [0.5, 0.6) is 0 Å². The highest BCUT2D eigenvalue weighted by atomic mass is 35.5. The van der Waals surface area contributed by atoms with Crippen LogP contribution in [0.2, 0.25) is 5.02 Å². The number of nitrogens with two attached hydrogens (primary N) is 1. The van der Waals surface area contributed by atoms with Crippen LogP contribution >= 0.6 is 23.4 Å². The number of aryl methyl sites for hydroxylation is 1. The molecule has 0 aliphatic carbocycles. The topological polar surface area (TPSA) is 26.0 Å². The highest BCUT2D eigenvalue weighted by molar-refractivity contribution is 7.99. The standard InChI is InChI=1S/C10H12ClNS/c1-3-4-13-10-6-8(11)9(12)5-7(10)2/h3,5-6H,1,4,12H2,2H3. The van der Waals surface area contributed by atoms with E-state index < -0.39 is 0 Å². The van der Waals surface area contributed by atoms with Crippen molar-refractivity contribution in [3.8, 4) is 0 Å². The van der Waals surface area contributed by atoms with E-state index in [9.17, 15) is 0 Å². The predicted octanol–water partition coefficient (Wildman–Crippen LogP) is 3.51. The summed E-state index contributed by atoms with van der Waals surface area (Å²) in [4.78, 5) is 1.17. The lowest BCUT2D eigenvalue weighted by atomic mass is 10.2. The Balaban J connectivity index is 2.94. The monoisotopic (exact) mass is 213 g/mol. The largest absolute Gasteiger partial charge is 0.398 e. The van der Waals surface area contributed by atoms with Crippen LogP contribution in [0.25, 0.3) is 0 Å². The van der Waals surface area contributed by atoms with Crippen molar-refractivity contribution in [2.75, 3.05) is 11.5 Å². The van der Waals surface area contributed by atoms with Gasteiger partial charge < -0.3 is 5.73 Å². The van der Waals surface area contributed by atoms with Crippen molar-refractivity contribution in [2.45, 2.75) is 11.8 Å². The number of halogens is 1. The minimum absolute atomic E-state index is 0.622. The van der Waals surface area contributed by atoms with E-state index in [2.05, 4.69) is 6.58 Å². The fourth-order valence-corrected chi connectivity index (χ4v) is 2.00. The second-order valence-electron chi connectivity index (χ2n) is 2.74. The molecule has 70 valence electrons. The summed E-state index contributed by atoms with van der Waals surface area (Å²) in [6, 6.07) is 3.80. The molecule has 0 atom stereocenters. The van der Waals surface area contributed by atoms with Gasteiger partial charge in [0.15, 0.2) is 0 Å². The second-order valence-corrected chi connectivity index (χ2v) is 4.21. The molecule has 0 heterocycles. The van der Waals surface area contributed by atoms with Crippen LogP contribution in [0.4, 0.5) is 5.69 Å². The molecule has 0 saturated carbocycles. The van der Waals surface area contributed by atoms with E-state index in [1.165, 1.54) is 4.90 Å². The van der Waals surface area contributed by atoms with Gasteiger partial charge in [-0.1, -0.05) is 17.7 Å². The van der Waals surface area contributed by atoms with Crippen LogP contribution in [-0.2, 0) is 0 Å². The molecule has 0 unspecified atom stereocenters. The third kappa shape index (κ3) is 2.68. The molecule has 1 nitrogen and oxygen atoms in total. The summed E-state index contributed by atoms with van der Waals surface area (Å²) in [5, 5.41) is 0.622. The number of benzene rings is 1. The van der Waals surface area contributed by atoms with Crippen LogP contribution < -0.4 is 5.73 Å². The molecule has 0 bridgehead atoms. The predicted molar refractivity (Wildman–Crippen MR) is 61.5 cm³/mol. The van der Waals surface area contributed by atoms with Gasteiger partial charge in [0.25, 0.3) is 0 Å². The highest BCUT2D eigenvalue weighted by Crippen LogP contribution is 2.29. The first-order valence-corrected chi connectivity index (χ1v) is 5.31. The van der Waals surface area contributed by atoms with Gasteiger partial charge in [-0.15, -0.1) is 18.3 Å². The molecular weight excluding hydrogens is 202 g/mol. The Hall–Kier alpha value is -0.600. The van der Waals surface area contributed by atoms with Crippen molar-refractivity contribution in [3.63, 3.8) is 0 Å². The normalized spacial score (nSPS) is 10.0. The van der Waals surface area contributed by atoms with E-state index in [4.69, 9.17) is 17.3 Å². The van der Waals surface area contributed by atoms with Gasteiger partial charge in [-0.05, 0) is 24.6 Å². The molecule has 13 heavy (non-hydrogen) atoms. The van der Waals surface area contributed by atoms with Crippen molar-refractivity contribution in [1.82, 2.24) is 0 Å². The molecule has 0 radical (unpaired) electrons. The maximum Gasteiger partial charge on any atom is 0.0646 e. The molecule has 1 rings (SSSR count). The van der Waals surface area contributed by atoms with Crippen LogP contribution in [0.15, 0.2) is 29.7 Å². The van der Waals surface area contributed by atoms with E-state index in [0.717, 1.165) is 11.3 Å². The van der Waals surface area contributed by atoms with Gasteiger partial charge in [0.2, 0.25) is 0 Å². The zero-order valence-corrected chi connectivity index (χ0v) is 9.08. The van der Waals surface area contributed by atoms with Crippen molar-refractivity contribution >= 4 is 29.1 Å². The Morgan fingerprint density at radius 1 is 1.62 bits per heavy atom. The first-order chi connectivity index (χ1) is 6.15. The van der Waals surface area contributed by atoms with Gasteiger partial charge in [-0.3, -0.25) is 0 Å². The number of hydrogen-bond donors (Lipinski definition) is 1. The lowest BCUT2D eigenvalue weighted by molar-refractivity contribution is 1.31. The minimum atomic E-state index is 0.622. The molecule has 0 spiro atoms. The number of rotatable bonds is 3. The molecular formula is C10H12ClNS. The first kappa shape index (κ1) is 10.5. The van der Waals surface area contributed by atoms with Crippen LogP contribution in [0, 0.1) is 6.92 Å². The molecule has 2 N–H and O–H groups in total. The number of nitrogen functional groups attached to an aromatic ring is 1. The van der Waals surface area contributed by atoms with Gasteiger partial charge in [0, 0.05) is 10.6 Å². The number of anilines is 1. The molecule has 0 fully saturated rings.